The van der Waals surface area contributed by atoms with E-state index >= 15 is 0 Å². The van der Waals surface area contributed by atoms with Gasteiger partial charge in [0.1, 0.15) is 5.78 Å². The van der Waals surface area contributed by atoms with Crippen molar-refractivity contribution in [1.29, 1.82) is 0 Å². The third-order valence-electron chi connectivity index (χ3n) is 6.02. The van der Waals surface area contributed by atoms with E-state index in [4.69, 9.17) is 0 Å². The molecule has 0 aromatic heterocycles. The Hall–Kier alpha value is -0.940. The fourth-order valence-electron chi connectivity index (χ4n) is 4.32. The number of amides is 1. The molecular weight excluding hydrogens is 350 g/mol. The topological polar surface area (TPSA) is 52.6 Å². The van der Waals surface area contributed by atoms with Gasteiger partial charge in [-0.25, -0.2) is 0 Å². The predicted molar refractivity (Wildman–Crippen MR) is 117 cm³/mol. The fraction of sp³-hybridized carbons (Fsp3) is 0.913. The number of nitrogens with zero attached hydrogens (tertiary/aromatic N) is 2. The predicted octanol–water partition coefficient (Wildman–Crippen LogP) is 3.58. The van der Waals surface area contributed by atoms with Gasteiger partial charge < -0.3 is 15.1 Å². The number of Topliss-reactive ketones (excluding diaryl/α,β-unsaturated/α-hetero) is 1. The number of hydrogen-bond donors (Lipinski definition) is 1. The Kier molecular flexibility index (Phi) is 12.6. The Morgan fingerprint density at radius 2 is 1.39 bits per heavy atom. The van der Waals surface area contributed by atoms with Gasteiger partial charge in [-0.05, 0) is 51.6 Å². The number of carbonyl (C=O) groups excluding carboxylic acids is 2. The minimum Gasteiger partial charge on any atom is -0.356 e. The molecule has 1 saturated carbocycles. The summed E-state index contributed by atoms with van der Waals surface area (Å²) in [6, 6.07) is 0. The molecule has 5 nitrogen and oxygen atoms in total. The smallest absolute Gasteiger partial charge is 0.223 e. The first-order valence-corrected chi connectivity index (χ1v) is 11.8. The molecule has 1 amide bonds. The Balaban J connectivity index is 0.00000190. The van der Waals surface area contributed by atoms with E-state index in [9.17, 15) is 9.59 Å². The first-order chi connectivity index (χ1) is 13.5. The van der Waals surface area contributed by atoms with E-state index < -0.39 is 0 Å². The van der Waals surface area contributed by atoms with Gasteiger partial charge in [-0.15, -0.1) is 0 Å². The summed E-state index contributed by atoms with van der Waals surface area (Å²) in [6.45, 7) is 17.9. The van der Waals surface area contributed by atoms with Crippen LogP contribution in [0.2, 0.25) is 0 Å². The summed E-state index contributed by atoms with van der Waals surface area (Å²) in [6.07, 6.45) is 5.78. The zero-order chi connectivity index (χ0) is 20.9. The Morgan fingerprint density at radius 1 is 0.893 bits per heavy atom. The lowest BCUT2D eigenvalue weighted by Crippen LogP contribution is -2.47. The second-order valence-electron chi connectivity index (χ2n) is 8.43. The van der Waals surface area contributed by atoms with Crippen LogP contribution in [-0.4, -0.2) is 67.3 Å². The van der Waals surface area contributed by atoms with Crippen molar-refractivity contribution >= 4 is 11.7 Å². The number of rotatable bonds is 9. The van der Waals surface area contributed by atoms with E-state index in [1.54, 1.807) is 0 Å². The largest absolute Gasteiger partial charge is 0.356 e. The van der Waals surface area contributed by atoms with Crippen molar-refractivity contribution in [2.24, 2.45) is 17.8 Å². The SMILES string of the molecule is CC.CCCN1CCN(CCCNC(=O)C2CCC(C(=O)C(C)C)CC2)CC1. The van der Waals surface area contributed by atoms with Gasteiger partial charge in [0, 0.05) is 50.5 Å². The maximum absolute atomic E-state index is 12.4. The highest BCUT2D eigenvalue weighted by molar-refractivity contribution is 5.83. The van der Waals surface area contributed by atoms with E-state index in [-0.39, 0.29) is 23.7 Å². The Morgan fingerprint density at radius 3 is 1.89 bits per heavy atom. The average molecular weight is 396 g/mol. The molecule has 0 unspecified atom stereocenters. The number of ketones is 1. The van der Waals surface area contributed by atoms with Crippen molar-refractivity contribution in [1.82, 2.24) is 15.1 Å². The zero-order valence-electron chi connectivity index (χ0n) is 19.1. The van der Waals surface area contributed by atoms with Gasteiger partial charge in [0.2, 0.25) is 5.91 Å². The van der Waals surface area contributed by atoms with Crippen LogP contribution in [0.15, 0.2) is 0 Å². The second-order valence-corrected chi connectivity index (χ2v) is 8.43. The van der Waals surface area contributed by atoms with E-state index in [1.807, 2.05) is 27.7 Å². The fourth-order valence-corrected chi connectivity index (χ4v) is 4.32. The van der Waals surface area contributed by atoms with Crippen LogP contribution in [0.5, 0.6) is 0 Å². The maximum Gasteiger partial charge on any atom is 0.223 e. The summed E-state index contributed by atoms with van der Waals surface area (Å²) >= 11 is 0. The molecule has 0 spiro atoms. The summed E-state index contributed by atoms with van der Waals surface area (Å²) in [5.41, 5.74) is 0. The highest BCUT2D eigenvalue weighted by Crippen LogP contribution is 2.31. The van der Waals surface area contributed by atoms with Gasteiger partial charge in [-0.2, -0.15) is 0 Å². The zero-order valence-corrected chi connectivity index (χ0v) is 19.1. The van der Waals surface area contributed by atoms with Gasteiger partial charge in [0.05, 0.1) is 0 Å². The van der Waals surface area contributed by atoms with E-state index in [0.29, 0.717) is 5.78 Å². The third kappa shape index (κ3) is 8.60. The van der Waals surface area contributed by atoms with Gasteiger partial charge in [-0.3, -0.25) is 9.59 Å². The van der Waals surface area contributed by atoms with Crippen molar-refractivity contribution in [3.63, 3.8) is 0 Å². The van der Waals surface area contributed by atoms with Crippen molar-refractivity contribution in [2.75, 3.05) is 45.8 Å². The van der Waals surface area contributed by atoms with Gasteiger partial charge >= 0.3 is 0 Å². The molecule has 2 rings (SSSR count). The molecule has 1 heterocycles. The molecule has 5 heteroatoms. The van der Waals surface area contributed by atoms with E-state index in [0.717, 1.165) is 58.3 Å². The molecule has 1 N–H and O–H groups in total. The van der Waals surface area contributed by atoms with Gasteiger partial charge in [0.15, 0.2) is 0 Å². The Bertz CT molecular complexity index is 437. The third-order valence-corrected chi connectivity index (χ3v) is 6.02. The van der Waals surface area contributed by atoms with Crippen LogP contribution >= 0.6 is 0 Å². The number of piperazine rings is 1. The molecule has 2 aliphatic rings. The summed E-state index contributed by atoms with van der Waals surface area (Å²) in [7, 11) is 0. The number of carbonyl (C=O) groups is 2. The van der Waals surface area contributed by atoms with E-state index in [2.05, 4.69) is 22.0 Å². The second kappa shape index (κ2) is 14.1. The van der Waals surface area contributed by atoms with Crippen molar-refractivity contribution in [3.8, 4) is 0 Å². The standard InChI is InChI=1S/C21H39N3O2.C2H6/c1-4-11-23-13-15-24(16-14-23)12-5-10-22-21(26)19-8-6-18(7-9-19)20(25)17(2)3;1-2/h17-19H,4-16H2,1-3H3,(H,22,26);1-2H3. The molecule has 0 aromatic rings. The molecule has 0 radical (unpaired) electrons. The van der Waals surface area contributed by atoms with Crippen LogP contribution in [0.4, 0.5) is 0 Å². The van der Waals surface area contributed by atoms with E-state index in [1.165, 1.54) is 26.1 Å². The first kappa shape index (κ1) is 25.1. The molecular formula is C23H45N3O2. The lowest BCUT2D eigenvalue weighted by atomic mass is 9.77. The number of nitrogens with one attached hydrogen (secondary N) is 1. The van der Waals surface area contributed by atoms with Crippen LogP contribution in [0.3, 0.4) is 0 Å². The highest BCUT2D eigenvalue weighted by Gasteiger charge is 2.30. The van der Waals surface area contributed by atoms with Crippen LogP contribution in [-0.2, 0) is 9.59 Å². The first-order valence-electron chi connectivity index (χ1n) is 11.8. The lowest BCUT2D eigenvalue weighted by molar-refractivity contribution is -0.130. The minimum atomic E-state index is 0.115. The summed E-state index contributed by atoms with van der Waals surface area (Å²) in [5.74, 6) is 1.000. The van der Waals surface area contributed by atoms with Crippen molar-refractivity contribution in [3.05, 3.63) is 0 Å². The lowest BCUT2D eigenvalue weighted by Gasteiger charge is -2.34. The summed E-state index contributed by atoms with van der Waals surface area (Å²) in [4.78, 5) is 29.5. The molecule has 0 aromatic carbocycles. The van der Waals surface area contributed by atoms with Gasteiger partial charge in [0.25, 0.3) is 0 Å². The normalized spacial score (nSPS) is 23.8. The maximum atomic E-state index is 12.4. The molecule has 0 bridgehead atoms. The Labute approximate surface area is 173 Å². The summed E-state index contributed by atoms with van der Waals surface area (Å²) in [5, 5.41) is 3.13. The molecule has 28 heavy (non-hydrogen) atoms. The highest BCUT2D eigenvalue weighted by atomic mass is 16.2. The molecule has 2 fully saturated rings. The monoisotopic (exact) mass is 395 g/mol. The van der Waals surface area contributed by atoms with Crippen molar-refractivity contribution < 1.29 is 9.59 Å². The van der Waals surface area contributed by atoms with Crippen LogP contribution in [0.25, 0.3) is 0 Å². The summed E-state index contributed by atoms with van der Waals surface area (Å²) < 4.78 is 0. The minimum absolute atomic E-state index is 0.115. The molecule has 1 aliphatic carbocycles. The molecule has 0 atom stereocenters. The van der Waals surface area contributed by atoms with Crippen LogP contribution in [0.1, 0.15) is 73.1 Å². The molecule has 1 saturated heterocycles. The molecule has 164 valence electrons. The van der Waals surface area contributed by atoms with Crippen molar-refractivity contribution in [2.45, 2.75) is 73.1 Å². The van der Waals surface area contributed by atoms with Gasteiger partial charge in [-0.1, -0.05) is 34.6 Å². The molecule has 1 aliphatic heterocycles. The quantitative estimate of drug-likeness (QED) is 0.606. The van der Waals surface area contributed by atoms with Crippen LogP contribution in [0, 0.1) is 17.8 Å². The average Bonchev–Trinajstić information content (AvgIpc) is 2.73. The number of hydrogen-bond acceptors (Lipinski definition) is 4. The van der Waals surface area contributed by atoms with Crippen LogP contribution < -0.4 is 5.32 Å².